The van der Waals surface area contributed by atoms with Gasteiger partial charge in [0, 0.05) is 40.4 Å². The normalized spacial score (nSPS) is 19.3. The molecule has 0 radical (unpaired) electrons. The maximum absolute atomic E-state index is 12.1. The van der Waals surface area contributed by atoms with Crippen LogP contribution in [0.1, 0.15) is 37.0 Å². The molecule has 0 aromatic heterocycles. The lowest BCUT2D eigenvalue weighted by Gasteiger charge is -2.21. The van der Waals surface area contributed by atoms with Gasteiger partial charge in [-0.1, -0.05) is 73.4 Å². The third kappa shape index (κ3) is 6.65. The largest absolute Gasteiger partial charge is 0.402 e. The molecule has 6 heteroatoms. The van der Waals surface area contributed by atoms with Gasteiger partial charge in [0.2, 0.25) is 0 Å². The zero-order chi connectivity index (χ0) is 22.1. The minimum absolute atomic E-state index is 0.0106. The maximum Gasteiger partial charge on any atom is 0.252 e. The summed E-state index contributed by atoms with van der Waals surface area (Å²) in [4.78, 5) is 13.9. The lowest BCUT2D eigenvalue weighted by atomic mass is 9.91. The van der Waals surface area contributed by atoms with Crippen LogP contribution in [0.15, 0.2) is 64.1 Å². The van der Waals surface area contributed by atoms with Gasteiger partial charge in [-0.2, -0.15) is 0 Å². The van der Waals surface area contributed by atoms with E-state index in [0.29, 0.717) is 11.3 Å². The number of benzene rings is 1. The molecule has 6 N–H and O–H groups in total. The molecule has 0 bridgehead atoms. The highest BCUT2D eigenvalue weighted by molar-refractivity contribution is 8.03. The second-order valence-corrected chi connectivity index (χ2v) is 8.29. The van der Waals surface area contributed by atoms with Crippen LogP contribution in [0.25, 0.3) is 0 Å². The second-order valence-electron chi connectivity index (χ2n) is 7.17. The Morgan fingerprint density at radius 3 is 2.80 bits per heavy atom. The van der Waals surface area contributed by atoms with Gasteiger partial charge in [-0.25, -0.2) is 0 Å². The van der Waals surface area contributed by atoms with Crippen molar-refractivity contribution in [2.75, 3.05) is 7.05 Å². The number of rotatable bonds is 7. The molecule has 1 aromatic carbocycles. The summed E-state index contributed by atoms with van der Waals surface area (Å²) in [5.41, 5.74) is 14.0. The average Bonchev–Trinajstić information content (AvgIpc) is 2.72. The van der Waals surface area contributed by atoms with Crippen molar-refractivity contribution >= 4 is 23.4 Å². The number of thioether (sulfide) groups is 1. The van der Waals surface area contributed by atoms with Crippen molar-refractivity contribution in [2.24, 2.45) is 23.3 Å². The van der Waals surface area contributed by atoms with Crippen molar-refractivity contribution in [3.8, 4) is 11.8 Å². The number of allylic oxidation sites excluding steroid dienone is 3. The van der Waals surface area contributed by atoms with E-state index in [1.165, 1.54) is 11.8 Å². The van der Waals surface area contributed by atoms with Crippen LogP contribution >= 0.6 is 11.8 Å². The molecule has 30 heavy (non-hydrogen) atoms. The van der Waals surface area contributed by atoms with Crippen LogP contribution < -0.4 is 16.8 Å². The van der Waals surface area contributed by atoms with E-state index in [0.717, 1.165) is 28.3 Å². The molecule has 0 fully saturated rings. The summed E-state index contributed by atoms with van der Waals surface area (Å²) in [6, 6.07) is 7.11. The van der Waals surface area contributed by atoms with Crippen molar-refractivity contribution in [3.63, 3.8) is 0 Å². The molecule has 1 aromatic rings. The number of nitrogens with one attached hydrogen (secondary N) is 2. The molecule has 1 aliphatic rings. The van der Waals surface area contributed by atoms with Gasteiger partial charge in [-0.05, 0) is 25.5 Å². The number of hydrogen-bond acceptors (Lipinski definition) is 5. The van der Waals surface area contributed by atoms with E-state index in [1.807, 2.05) is 49.4 Å². The van der Waals surface area contributed by atoms with E-state index >= 15 is 0 Å². The first-order valence-corrected chi connectivity index (χ1v) is 10.9. The second kappa shape index (κ2) is 11.4. The third-order valence-corrected chi connectivity index (χ3v) is 5.68. The number of amides is 1. The predicted octanol–water partition coefficient (Wildman–Crippen LogP) is 3.84. The van der Waals surface area contributed by atoms with Crippen LogP contribution in [-0.2, 0) is 0 Å². The van der Waals surface area contributed by atoms with Gasteiger partial charge < -0.3 is 16.8 Å². The number of carbonyl (C=O) groups excluding carboxylic acids is 1. The number of hydrogen-bond donors (Lipinski definition) is 4. The van der Waals surface area contributed by atoms with Gasteiger partial charge in [-0.3, -0.25) is 10.2 Å². The van der Waals surface area contributed by atoms with Crippen molar-refractivity contribution < 1.29 is 4.79 Å². The SMILES string of the molecule is CCCC(N)=CC(C)C#CC(=N)C1C=CC(Sc2ccccc2C(=O)NC)=CC1N. The Bertz CT molecular complexity index is 936. The summed E-state index contributed by atoms with van der Waals surface area (Å²) >= 11 is 1.49. The lowest BCUT2D eigenvalue weighted by Crippen LogP contribution is -2.33. The zero-order valence-corrected chi connectivity index (χ0v) is 18.6. The van der Waals surface area contributed by atoms with Gasteiger partial charge in [0.25, 0.3) is 5.91 Å². The Morgan fingerprint density at radius 2 is 2.13 bits per heavy atom. The van der Waals surface area contributed by atoms with Crippen LogP contribution in [0.4, 0.5) is 0 Å². The molecule has 0 spiro atoms. The third-order valence-electron chi connectivity index (χ3n) is 4.60. The minimum Gasteiger partial charge on any atom is -0.402 e. The van der Waals surface area contributed by atoms with Crippen molar-refractivity contribution in [2.45, 2.75) is 37.6 Å². The molecule has 0 aliphatic heterocycles. The molecule has 0 saturated heterocycles. The molecule has 3 atom stereocenters. The number of nitrogens with two attached hydrogens (primary N) is 2. The van der Waals surface area contributed by atoms with Gasteiger partial charge in [0.05, 0.1) is 11.3 Å². The highest BCUT2D eigenvalue weighted by Gasteiger charge is 2.22. The number of carbonyl (C=O) groups is 1. The van der Waals surface area contributed by atoms with Crippen LogP contribution in [0.2, 0.25) is 0 Å². The summed E-state index contributed by atoms with van der Waals surface area (Å²) < 4.78 is 0. The van der Waals surface area contributed by atoms with Gasteiger partial charge in [0.15, 0.2) is 0 Å². The molecular weight excluding hydrogens is 392 g/mol. The Labute approximate surface area is 183 Å². The van der Waals surface area contributed by atoms with Crippen LogP contribution in [0.5, 0.6) is 0 Å². The molecule has 1 amide bonds. The van der Waals surface area contributed by atoms with Gasteiger partial charge in [-0.15, -0.1) is 0 Å². The van der Waals surface area contributed by atoms with Crippen LogP contribution in [0.3, 0.4) is 0 Å². The average molecular weight is 423 g/mol. The summed E-state index contributed by atoms with van der Waals surface area (Å²) in [6.07, 6.45) is 9.58. The Balaban J connectivity index is 2.06. The summed E-state index contributed by atoms with van der Waals surface area (Å²) in [7, 11) is 1.62. The summed E-state index contributed by atoms with van der Waals surface area (Å²) in [5.74, 6) is 5.62. The Hall–Kier alpha value is -2.75. The molecule has 3 unspecified atom stereocenters. The smallest absolute Gasteiger partial charge is 0.252 e. The fraction of sp³-hybridized carbons (Fsp3) is 0.333. The monoisotopic (exact) mass is 422 g/mol. The van der Waals surface area contributed by atoms with E-state index in [9.17, 15) is 4.79 Å². The fourth-order valence-electron chi connectivity index (χ4n) is 3.05. The molecule has 0 saturated carbocycles. The Morgan fingerprint density at radius 1 is 1.40 bits per heavy atom. The predicted molar refractivity (Wildman–Crippen MR) is 126 cm³/mol. The van der Waals surface area contributed by atoms with Crippen molar-refractivity contribution in [1.29, 1.82) is 5.41 Å². The highest BCUT2D eigenvalue weighted by Crippen LogP contribution is 2.33. The highest BCUT2D eigenvalue weighted by atomic mass is 32.2. The first kappa shape index (κ1) is 23.5. The lowest BCUT2D eigenvalue weighted by molar-refractivity contribution is 0.0960. The molecule has 0 heterocycles. The molecule has 5 nitrogen and oxygen atoms in total. The van der Waals surface area contributed by atoms with Gasteiger partial charge >= 0.3 is 0 Å². The maximum atomic E-state index is 12.1. The Kier molecular flexibility index (Phi) is 8.97. The van der Waals surface area contributed by atoms with Gasteiger partial charge in [0.1, 0.15) is 0 Å². The van der Waals surface area contributed by atoms with Crippen LogP contribution in [0, 0.1) is 29.1 Å². The van der Waals surface area contributed by atoms with E-state index in [1.54, 1.807) is 13.1 Å². The first-order valence-electron chi connectivity index (χ1n) is 10.1. The molecule has 1 aliphatic carbocycles. The minimum atomic E-state index is -0.345. The van der Waals surface area contributed by atoms with E-state index in [2.05, 4.69) is 24.1 Å². The standard InChI is InChI=1S/C24H30N4OS/c1-4-7-17(25)14-16(2)10-13-21(26)19-12-11-18(15-22(19)27)30-23-9-6-5-8-20(23)24(29)28-3/h5-6,8-9,11-12,14-16,19,22,26H,4,7,25,27H2,1-3H3,(H,28,29). The van der Waals surface area contributed by atoms with Crippen molar-refractivity contribution in [1.82, 2.24) is 5.32 Å². The summed E-state index contributed by atoms with van der Waals surface area (Å²) in [6.45, 7) is 4.05. The fourth-order valence-corrected chi connectivity index (χ4v) is 4.09. The molecular formula is C24H30N4OS. The summed E-state index contributed by atoms with van der Waals surface area (Å²) in [5, 5.41) is 11.0. The quantitative estimate of drug-likeness (QED) is 0.396. The van der Waals surface area contributed by atoms with E-state index < -0.39 is 0 Å². The van der Waals surface area contributed by atoms with E-state index in [4.69, 9.17) is 16.9 Å². The zero-order valence-electron chi connectivity index (χ0n) is 17.7. The van der Waals surface area contributed by atoms with E-state index in [-0.39, 0.29) is 23.8 Å². The first-order chi connectivity index (χ1) is 14.3. The van der Waals surface area contributed by atoms with Crippen LogP contribution in [-0.4, -0.2) is 24.7 Å². The topological polar surface area (TPSA) is 105 Å². The molecule has 2 rings (SSSR count). The van der Waals surface area contributed by atoms with Crippen molar-refractivity contribution in [3.05, 3.63) is 64.7 Å². The molecule has 158 valence electrons.